The predicted molar refractivity (Wildman–Crippen MR) is 124 cm³/mol. The lowest BCUT2D eigenvalue weighted by Crippen LogP contribution is -2.40. The van der Waals surface area contributed by atoms with Gasteiger partial charge in [0.25, 0.3) is 0 Å². The molecule has 3 heterocycles. The first-order valence-corrected chi connectivity index (χ1v) is 12.1. The summed E-state index contributed by atoms with van der Waals surface area (Å²) in [5, 5.41) is 11.7. The van der Waals surface area contributed by atoms with Crippen LogP contribution in [0.15, 0.2) is 53.5 Å². The maximum absolute atomic E-state index is 13.1. The minimum absolute atomic E-state index is 0.161. The standard InChI is InChI=1S/C23H26N4OS2/c1-4-11-27-22(17-8-6-7-16(3)14-17)24-25-23(27)30-15-21(28)26-12-9-20-18(10-13-29-20)19(26)5-2/h4,6-8,10,13-14,19H,1,5,9,11-12,15H2,2-3H3. The molecule has 1 aliphatic heterocycles. The number of carbonyl (C=O) groups excluding carboxylic acids is 1. The van der Waals surface area contributed by atoms with Crippen LogP contribution in [-0.4, -0.2) is 37.9 Å². The molecule has 0 radical (unpaired) electrons. The van der Waals surface area contributed by atoms with E-state index in [1.54, 1.807) is 11.3 Å². The number of carbonyl (C=O) groups is 1. The van der Waals surface area contributed by atoms with Crippen molar-refractivity contribution in [2.75, 3.05) is 12.3 Å². The largest absolute Gasteiger partial charge is 0.335 e. The Morgan fingerprint density at radius 1 is 1.37 bits per heavy atom. The monoisotopic (exact) mass is 438 g/mol. The van der Waals surface area contributed by atoms with E-state index >= 15 is 0 Å². The van der Waals surface area contributed by atoms with Crippen molar-refractivity contribution in [2.45, 2.75) is 44.4 Å². The molecule has 0 aliphatic carbocycles. The molecule has 0 bridgehead atoms. The van der Waals surface area contributed by atoms with Gasteiger partial charge in [-0.15, -0.1) is 28.1 Å². The first-order valence-electron chi connectivity index (χ1n) is 10.2. The van der Waals surface area contributed by atoms with E-state index in [1.165, 1.54) is 27.8 Å². The van der Waals surface area contributed by atoms with Gasteiger partial charge in [-0.2, -0.15) is 0 Å². The number of aryl methyl sites for hydroxylation is 1. The van der Waals surface area contributed by atoms with Crippen LogP contribution in [-0.2, 0) is 17.8 Å². The molecular weight excluding hydrogens is 412 g/mol. The predicted octanol–water partition coefficient (Wildman–Crippen LogP) is 5.13. The molecule has 1 atom stereocenters. The van der Waals surface area contributed by atoms with Crippen LogP contribution in [0, 0.1) is 6.92 Å². The Morgan fingerprint density at radius 2 is 2.23 bits per heavy atom. The Kier molecular flexibility index (Phi) is 6.39. The first kappa shape index (κ1) is 20.9. The van der Waals surface area contributed by atoms with Crippen molar-refractivity contribution >= 4 is 29.0 Å². The summed E-state index contributed by atoms with van der Waals surface area (Å²) in [7, 11) is 0. The number of allylic oxidation sites excluding steroid dienone is 1. The Morgan fingerprint density at radius 3 is 3.00 bits per heavy atom. The van der Waals surface area contributed by atoms with Crippen LogP contribution < -0.4 is 0 Å². The highest BCUT2D eigenvalue weighted by Gasteiger charge is 2.30. The number of benzene rings is 1. The van der Waals surface area contributed by atoms with Gasteiger partial charge >= 0.3 is 0 Å². The van der Waals surface area contributed by atoms with Crippen molar-refractivity contribution in [1.29, 1.82) is 0 Å². The highest BCUT2D eigenvalue weighted by molar-refractivity contribution is 7.99. The van der Waals surface area contributed by atoms with Gasteiger partial charge in [0.2, 0.25) is 5.91 Å². The Hall–Kier alpha value is -2.38. The fraction of sp³-hybridized carbons (Fsp3) is 0.348. The van der Waals surface area contributed by atoms with Crippen molar-refractivity contribution in [3.8, 4) is 11.4 Å². The summed E-state index contributed by atoms with van der Waals surface area (Å²) in [5.41, 5.74) is 3.52. The Bertz CT molecular complexity index is 1060. The summed E-state index contributed by atoms with van der Waals surface area (Å²) in [6.45, 7) is 9.49. The van der Waals surface area contributed by atoms with Crippen LogP contribution in [0.25, 0.3) is 11.4 Å². The summed E-state index contributed by atoms with van der Waals surface area (Å²) in [4.78, 5) is 16.6. The fourth-order valence-electron chi connectivity index (χ4n) is 4.03. The molecule has 30 heavy (non-hydrogen) atoms. The van der Waals surface area contributed by atoms with E-state index in [9.17, 15) is 4.79 Å². The van der Waals surface area contributed by atoms with E-state index in [0.29, 0.717) is 12.3 Å². The second-order valence-corrected chi connectivity index (χ2v) is 9.37. The van der Waals surface area contributed by atoms with Gasteiger partial charge < -0.3 is 4.90 Å². The third-order valence-corrected chi connectivity index (χ3v) is 7.38. The van der Waals surface area contributed by atoms with Crippen LogP contribution >= 0.6 is 23.1 Å². The lowest BCUT2D eigenvalue weighted by atomic mass is 9.98. The Balaban J connectivity index is 1.51. The minimum Gasteiger partial charge on any atom is -0.335 e. The van der Waals surface area contributed by atoms with Crippen LogP contribution in [0.4, 0.5) is 0 Å². The molecule has 0 saturated carbocycles. The number of thioether (sulfide) groups is 1. The average molecular weight is 439 g/mol. The van der Waals surface area contributed by atoms with Gasteiger partial charge in [0.1, 0.15) is 0 Å². The number of aromatic nitrogens is 3. The summed E-state index contributed by atoms with van der Waals surface area (Å²) in [6, 6.07) is 10.6. The van der Waals surface area contributed by atoms with Gasteiger partial charge in [0, 0.05) is 23.5 Å². The second-order valence-electron chi connectivity index (χ2n) is 7.42. The molecule has 1 unspecified atom stereocenters. The molecule has 3 aromatic rings. The van der Waals surface area contributed by atoms with Crippen LogP contribution in [0.5, 0.6) is 0 Å². The third-order valence-electron chi connectivity index (χ3n) is 5.43. The number of rotatable bonds is 7. The average Bonchev–Trinajstić information content (AvgIpc) is 3.38. The van der Waals surface area contributed by atoms with Gasteiger partial charge in [-0.05, 0) is 42.8 Å². The molecule has 156 valence electrons. The maximum Gasteiger partial charge on any atom is 0.233 e. The van der Waals surface area contributed by atoms with E-state index in [-0.39, 0.29) is 11.9 Å². The molecule has 2 aromatic heterocycles. The van der Waals surface area contributed by atoms with E-state index in [4.69, 9.17) is 0 Å². The van der Waals surface area contributed by atoms with Crippen molar-refractivity contribution in [3.63, 3.8) is 0 Å². The molecule has 0 fully saturated rings. The number of nitrogens with zero attached hydrogens (tertiary/aromatic N) is 4. The molecule has 0 saturated heterocycles. The topological polar surface area (TPSA) is 51.0 Å². The van der Waals surface area contributed by atoms with Gasteiger partial charge in [-0.1, -0.05) is 48.5 Å². The summed E-state index contributed by atoms with van der Waals surface area (Å²) < 4.78 is 2.03. The molecule has 1 aliphatic rings. The first-order chi connectivity index (χ1) is 14.6. The quantitative estimate of drug-likeness (QED) is 0.379. The fourth-order valence-corrected chi connectivity index (χ4v) is 5.79. The molecule has 4 rings (SSSR count). The molecule has 7 heteroatoms. The van der Waals surface area contributed by atoms with Crippen LogP contribution in [0.1, 0.15) is 35.4 Å². The molecule has 5 nitrogen and oxygen atoms in total. The molecule has 1 amide bonds. The summed E-state index contributed by atoms with van der Waals surface area (Å²) in [5.74, 6) is 1.33. The van der Waals surface area contributed by atoms with Gasteiger partial charge in [0.15, 0.2) is 11.0 Å². The van der Waals surface area contributed by atoms with Crippen molar-refractivity contribution < 1.29 is 4.79 Å². The Labute approximate surface area is 185 Å². The van der Waals surface area contributed by atoms with Crippen molar-refractivity contribution in [3.05, 3.63) is 64.4 Å². The van der Waals surface area contributed by atoms with Gasteiger partial charge in [0.05, 0.1) is 11.8 Å². The number of fused-ring (bicyclic) bond motifs is 1. The number of amides is 1. The SMILES string of the molecule is C=CCn1c(SCC(=O)N2CCc3sccc3C2CC)nnc1-c1cccc(C)c1. The molecule has 0 spiro atoms. The maximum atomic E-state index is 13.1. The van der Waals surface area contributed by atoms with Crippen LogP contribution in [0.2, 0.25) is 0 Å². The van der Waals surface area contributed by atoms with E-state index in [1.807, 2.05) is 27.7 Å². The smallest absolute Gasteiger partial charge is 0.233 e. The van der Waals surface area contributed by atoms with Crippen molar-refractivity contribution in [1.82, 2.24) is 19.7 Å². The minimum atomic E-state index is 0.161. The zero-order valence-electron chi connectivity index (χ0n) is 17.4. The summed E-state index contributed by atoms with van der Waals surface area (Å²) >= 11 is 3.26. The van der Waals surface area contributed by atoms with Gasteiger partial charge in [-0.25, -0.2) is 0 Å². The zero-order valence-corrected chi connectivity index (χ0v) is 19.0. The number of thiophene rings is 1. The highest BCUT2D eigenvalue weighted by Crippen LogP contribution is 2.36. The molecule has 0 N–H and O–H groups in total. The lowest BCUT2D eigenvalue weighted by Gasteiger charge is -2.35. The summed E-state index contributed by atoms with van der Waals surface area (Å²) in [6.07, 6.45) is 3.72. The molecular formula is C23H26N4OS2. The lowest BCUT2D eigenvalue weighted by molar-refractivity contribution is -0.131. The third kappa shape index (κ3) is 4.09. The highest BCUT2D eigenvalue weighted by atomic mass is 32.2. The van der Waals surface area contributed by atoms with E-state index < -0.39 is 0 Å². The van der Waals surface area contributed by atoms with E-state index in [2.05, 4.69) is 54.2 Å². The number of hydrogen-bond donors (Lipinski definition) is 0. The van der Waals surface area contributed by atoms with Gasteiger partial charge in [-0.3, -0.25) is 9.36 Å². The second kappa shape index (κ2) is 9.18. The molecule has 1 aromatic carbocycles. The van der Waals surface area contributed by atoms with Crippen LogP contribution in [0.3, 0.4) is 0 Å². The van der Waals surface area contributed by atoms with Crippen molar-refractivity contribution in [2.24, 2.45) is 0 Å². The number of hydrogen-bond acceptors (Lipinski definition) is 5. The van der Waals surface area contributed by atoms with E-state index in [0.717, 1.165) is 35.9 Å². The zero-order chi connectivity index (χ0) is 21.1. The normalized spacial score (nSPS) is 15.8.